The minimum atomic E-state index is -1.17. The number of aliphatic carboxylic acids is 1. The minimum absolute atomic E-state index is 0.138. The number of rotatable bonds is 7. The number of nitrogens with one attached hydrogen (secondary N) is 2. The molecule has 8 heteroatoms. The molecule has 0 saturated carbocycles. The maximum atomic E-state index is 11.3. The molecule has 3 amide bonds. The summed E-state index contributed by atoms with van der Waals surface area (Å²) in [7, 11) is 2.85. The first-order valence-corrected chi connectivity index (χ1v) is 5.43. The lowest BCUT2D eigenvalue weighted by atomic mass is 10.3. The first-order chi connectivity index (χ1) is 8.42. The summed E-state index contributed by atoms with van der Waals surface area (Å²) in [4.78, 5) is 34.6. The van der Waals surface area contributed by atoms with E-state index in [0.717, 1.165) is 0 Å². The van der Waals surface area contributed by atoms with Crippen LogP contribution in [0.4, 0.5) is 4.79 Å². The molecule has 0 fully saturated rings. The lowest BCUT2D eigenvalue weighted by Gasteiger charge is -2.15. The largest absolute Gasteiger partial charge is 0.479 e. The monoisotopic (exact) mass is 261 g/mol. The number of amides is 3. The summed E-state index contributed by atoms with van der Waals surface area (Å²) in [5.41, 5.74) is 0. The SMILES string of the molecule is CCN(C)C(=O)CNC(=O)NCC(OC)C(=O)O. The molecule has 1 atom stereocenters. The summed E-state index contributed by atoms with van der Waals surface area (Å²) in [6.07, 6.45) is -1.11. The van der Waals surface area contributed by atoms with Crippen LogP contribution in [0.1, 0.15) is 6.92 Å². The Hall–Kier alpha value is -1.83. The number of hydrogen-bond donors (Lipinski definition) is 3. The summed E-state index contributed by atoms with van der Waals surface area (Å²) in [5.74, 6) is -1.39. The molecule has 0 saturated heterocycles. The standard InChI is InChI=1S/C10H19N3O5/c1-4-13(2)8(14)6-12-10(17)11-5-7(18-3)9(15)16/h7H,4-6H2,1-3H3,(H,15,16)(H2,11,12,17). The van der Waals surface area contributed by atoms with Crippen molar-refractivity contribution in [1.29, 1.82) is 0 Å². The van der Waals surface area contributed by atoms with Crippen LogP contribution in [0.15, 0.2) is 0 Å². The van der Waals surface area contributed by atoms with Crippen molar-refractivity contribution >= 4 is 17.9 Å². The zero-order chi connectivity index (χ0) is 14.1. The van der Waals surface area contributed by atoms with Gasteiger partial charge in [0.2, 0.25) is 5.91 Å². The van der Waals surface area contributed by atoms with Gasteiger partial charge in [0.25, 0.3) is 0 Å². The zero-order valence-electron chi connectivity index (χ0n) is 10.7. The van der Waals surface area contributed by atoms with Gasteiger partial charge in [-0.25, -0.2) is 9.59 Å². The molecule has 8 nitrogen and oxygen atoms in total. The highest BCUT2D eigenvalue weighted by Gasteiger charge is 2.17. The number of carboxylic acids is 1. The Morgan fingerprint density at radius 2 is 1.94 bits per heavy atom. The topological polar surface area (TPSA) is 108 Å². The van der Waals surface area contributed by atoms with Gasteiger partial charge in [0.1, 0.15) is 0 Å². The second-order valence-corrected chi connectivity index (χ2v) is 3.53. The second-order valence-electron chi connectivity index (χ2n) is 3.53. The molecule has 3 N–H and O–H groups in total. The molecule has 0 aliphatic heterocycles. The Morgan fingerprint density at radius 3 is 2.39 bits per heavy atom. The van der Waals surface area contributed by atoms with E-state index in [1.165, 1.54) is 12.0 Å². The molecule has 18 heavy (non-hydrogen) atoms. The predicted molar refractivity (Wildman–Crippen MR) is 63.1 cm³/mol. The maximum absolute atomic E-state index is 11.3. The van der Waals surface area contributed by atoms with E-state index in [-0.39, 0.29) is 19.0 Å². The number of urea groups is 1. The van der Waals surface area contributed by atoms with E-state index >= 15 is 0 Å². The Bertz CT molecular complexity index is 308. The van der Waals surface area contributed by atoms with Gasteiger partial charge in [0.05, 0.1) is 13.1 Å². The molecule has 0 aliphatic rings. The lowest BCUT2D eigenvalue weighted by molar-refractivity contribution is -0.148. The van der Waals surface area contributed by atoms with Crippen LogP contribution in [-0.2, 0) is 14.3 Å². The van der Waals surface area contributed by atoms with Crippen LogP contribution >= 0.6 is 0 Å². The zero-order valence-corrected chi connectivity index (χ0v) is 10.7. The Kier molecular flexibility index (Phi) is 7.45. The predicted octanol–water partition coefficient (Wildman–Crippen LogP) is -1.14. The van der Waals surface area contributed by atoms with E-state index in [9.17, 15) is 14.4 Å². The number of carboxylic acid groups (broad SMARTS) is 1. The molecule has 0 radical (unpaired) electrons. The molecule has 0 aliphatic carbocycles. The van der Waals surface area contributed by atoms with Crippen molar-refractivity contribution in [1.82, 2.24) is 15.5 Å². The molecule has 0 rings (SSSR count). The van der Waals surface area contributed by atoms with Gasteiger partial charge in [-0.15, -0.1) is 0 Å². The maximum Gasteiger partial charge on any atom is 0.334 e. The van der Waals surface area contributed by atoms with Gasteiger partial charge < -0.3 is 25.4 Å². The van der Waals surface area contributed by atoms with Crippen LogP contribution in [0, 0.1) is 0 Å². The van der Waals surface area contributed by atoms with Crippen LogP contribution in [0.5, 0.6) is 0 Å². The van der Waals surface area contributed by atoms with Crippen molar-refractivity contribution < 1.29 is 24.2 Å². The van der Waals surface area contributed by atoms with E-state index in [4.69, 9.17) is 5.11 Å². The van der Waals surface area contributed by atoms with Gasteiger partial charge >= 0.3 is 12.0 Å². The summed E-state index contributed by atoms with van der Waals surface area (Å²) in [6, 6.07) is -0.615. The number of nitrogens with zero attached hydrogens (tertiary/aromatic N) is 1. The molecule has 0 aromatic heterocycles. The van der Waals surface area contributed by atoms with E-state index in [1.807, 2.05) is 6.92 Å². The Morgan fingerprint density at radius 1 is 1.33 bits per heavy atom. The average molecular weight is 261 g/mol. The van der Waals surface area contributed by atoms with Crippen LogP contribution in [0.2, 0.25) is 0 Å². The highest BCUT2D eigenvalue weighted by Crippen LogP contribution is 1.87. The Balaban J connectivity index is 3.91. The molecule has 0 aromatic rings. The number of methoxy groups -OCH3 is 1. The van der Waals surface area contributed by atoms with Crippen molar-refractivity contribution in [2.24, 2.45) is 0 Å². The molecule has 0 aromatic carbocycles. The Labute approximate surface area is 105 Å². The lowest BCUT2D eigenvalue weighted by Crippen LogP contribution is -2.46. The number of likely N-dealkylation sites (N-methyl/N-ethyl adjacent to an activating group) is 1. The van der Waals surface area contributed by atoms with E-state index in [2.05, 4.69) is 15.4 Å². The molecule has 1 unspecified atom stereocenters. The summed E-state index contributed by atoms with van der Waals surface area (Å²) in [6.45, 7) is 2.05. The van der Waals surface area contributed by atoms with Crippen molar-refractivity contribution in [3.63, 3.8) is 0 Å². The molecule has 104 valence electrons. The summed E-state index contributed by atoms with van der Waals surface area (Å²) in [5, 5.41) is 13.3. The summed E-state index contributed by atoms with van der Waals surface area (Å²) < 4.78 is 4.63. The van der Waals surface area contributed by atoms with Crippen LogP contribution < -0.4 is 10.6 Å². The quantitative estimate of drug-likeness (QED) is 0.537. The number of carbonyl (C=O) groups is 3. The van der Waals surface area contributed by atoms with E-state index < -0.39 is 18.1 Å². The van der Waals surface area contributed by atoms with Gasteiger partial charge in [-0.1, -0.05) is 0 Å². The molecule has 0 spiro atoms. The van der Waals surface area contributed by atoms with Crippen molar-refractivity contribution in [3.05, 3.63) is 0 Å². The van der Waals surface area contributed by atoms with Crippen molar-refractivity contribution in [2.75, 3.05) is 33.8 Å². The van der Waals surface area contributed by atoms with Gasteiger partial charge in [0.15, 0.2) is 6.10 Å². The van der Waals surface area contributed by atoms with Crippen molar-refractivity contribution in [3.8, 4) is 0 Å². The van der Waals surface area contributed by atoms with Crippen molar-refractivity contribution in [2.45, 2.75) is 13.0 Å². The first-order valence-electron chi connectivity index (χ1n) is 5.43. The normalized spacial score (nSPS) is 11.5. The number of hydrogen-bond acceptors (Lipinski definition) is 4. The fraction of sp³-hybridized carbons (Fsp3) is 0.700. The molecular weight excluding hydrogens is 242 g/mol. The highest BCUT2D eigenvalue weighted by atomic mass is 16.5. The van der Waals surface area contributed by atoms with E-state index in [0.29, 0.717) is 6.54 Å². The van der Waals surface area contributed by atoms with Gasteiger partial charge in [-0.2, -0.15) is 0 Å². The molecule has 0 bridgehead atoms. The fourth-order valence-corrected chi connectivity index (χ4v) is 0.987. The van der Waals surface area contributed by atoms with Crippen LogP contribution in [-0.4, -0.2) is 67.8 Å². The number of ether oxygens (including phenoxy) is 1. The van der Waals surface area contributed by atoms with Gasteiger partial charge in [0, 0.05) is 20.7 Å². The fourth-order valence-electron chi connectivity index (χ4n) is 0.987. The summed E-state index contributed by atoms with van der Waals surface area (Å²) >= 11 is 0. The third-order valence-corrected chi connectivity index (χ3v) is 2.31. The van der Waals surface area contributed by atoms with Crippen LogP contribution in [0.25, 0.3) is 0 Å². The highest BCUT2D eigenvalue weighted by molar-refractivity contribution is 5.84. The van der Waals surface area contributed by atoms with Crippen LogP contribution in [0.3, 0.4) is 0 Å². The molecule has 0 heterocycles. The third-order valence-electron chi connectivity index (χ3n) is 2.31. The first kappa shape index (κ1) is 16.2. The second kappa shape index (κ2) is 8.29. The third kappa shape index (κ3) is 6.04. The minimum Gasteiger partial charge on any atom is -0.479 e. The van der Waals surface area contributed by atoms with E-state index in [1.54, 1.807) is 7.05 Å². The van der Waals surface area contributed by atoms with Gasteiger partial charge in [-0.05, 0) is 6.92 Å². The average Bonchev–Trinajstić information content (AvgIpc) is 2.35. The van der Waals surface area contributed by atoms with Gasteiger partial charge in [-0.3, -0.25) is 4.79 Å². The molecular formula is C10H19N3O5. The number of carbonyl (C=O) groups excluding carboxylic acids is 2. The smallest absolute Gasteiger partial charge is 0.334 e.